The maximum atomic E-state index is 10.2. The zero-order valence-corrected chi connectivity index (χ0v) is 13.7. The van der Waals surface area contributed by atoms with Gasteiger partial charge >= 0.3 is 0 Å². The third kappa shape index (κ3) is 4.82. The van der Waals surface area contributed by atoms with E-state index in [0.29, 0.717) is 0 Å². The first-order chi connectivity index (χ1) is 11.1. The molecule has 1 saturated heterocycles. The number of aliphatic hydroxyl groups excluding tert-OH is 7. The van der Waals surface area contributed by atoms with E-state index in [4.69, 9.17) is 20.3 Å². The van der Waals surface area contributed by atoms with E-state index in [1.807, 2.05) is 0 Å². The zero-order valence-electron chi connectivity index (χ0n) is 13.7. The molecule has 144 valence electrons. The van der Waals surface area contributed by atoms with E-state index in [0.717, 1.165) is 0 Å². The molecular formula is C14H29NO9. The van der Waals surface area contributed by atoms with E-state index >= 15 is 0 Å². The third-order valence-corrected chi connectivity index (χ3v) is 4.21. The van der Waals surface area contributed by atoms with Crippen LogP contribution in [0.25, 0.3) is 0 Å². The van der Waals surface area contributed by atoms with Crippen LogP contribution in [0.15, 0.2) is 0 Å². The highest BCUT2D eigenvalue weighted by molar-refractivity contribution is 4.91. The second-order valence-electron chi connectivity index (χ2n) is 6.30. The van der Waals surface area contributed by atoms with Gasteiger partial charge in [-0.05, 0) is 6.92 Å². The van der Waals surface area contributed by atoms with Gasteiger partial charge in [0.1, 0.15) is 30.5 Å². The van der Waals surface area contributed by atoms with Crippen molar-refractivity contribution in [2.45, 2.75) is 68.9 Å². The first-order valence-corrected chi connectivity index (χ1v) is 7.84. The summed E-state index contributed by atoms with van der Waals surface area (Å²) in [6, 6.07) is -0.785. The quantitative estimate of drug-likeness (QED) is 0.212. The highest BCUT2D eigenvalue weighted by atomic mass is 16.7. The van der Waals surface area contributed by atoms with Gasteiger partial charge in [-0.1, -0.05) is 6.92 Å². The molecule has 10 nitrogen and oxygen atoms in total. The molecule has 6 unspecified atom stereocenters. The fourth-order valence-corrected chi connectivity index (χ4v) is 2.50. The summed E-state index contributed by atoms with van der Waals surface area (Å²) in [5.41, 5.74) is 5.55. The Morgan fingerprint density at radius 1 is 1.00 bits per heavy atom. The molecular weight excluding hydrogens is 326 g/mol. The summed E-state index contributed by atoms with van der Waals surface area (Å²) in [7, 11) is 0. The van der Waals surface area contributed by atoms with Crippen molar-refractivity contribution < 1.29 is 45.2 Å². The molecule has 0 aromatic heterocycles. The predicted molar refractivity (Wildman–Crippen MR) is 80.6 cm³/mol. The van der Waals surface area contributed by atoms with Crippen molar-refractivity contribution in [3.63, 3.8) is 0 Å². The molecule has 24 heavy (non-hydrogen) atoms. The monoisotopic (exact) mass is 355 g/mol. The van der Waals surface area contributed by atoms with E-state index in [1.54, 1.807) is 0 Å². The smallest absolute Gasteiger partial charge is 0.187 e. The van der Waals surface area contributed by atoms with E-state index < -0.39 is 74.2 Å². The van der Waals surface area contributed by atoms with Crippen molar-refractivity contribution in [3.8, 4) is 0 Å². The SMILES string of the molecule is CC(CO)[C@@H](O[C@@H]1OC(CO)[C@H](O)C(O)C1O)C(O)C(O)[C@@H](C)N. The Hall–Kier alpha value is -0.400. The largest absolute Gasteiger partial charge is 0.396 e. The second kappa shape index (κ2) is 9.34. The summed E-state index contributed by atoms with van der Waals surface area (Å²) in [6.07, 6.45) is -11.6. The second-order valence-corrected chi connectivity index (χ2v) is 6.30. The van der Waals surface area contributed by atoms with Gasteiger partial charge in [0, 0.05) is 18.6 Å². The molecule has 0 spiro atoms. The van der Waals surface area contributed by atoms with Crippen LogP contribution in [-0.4, -0.2) is 104 Å². The van der Waals surface area contributed by atoms with Gasteiger partial charge < -0.3 is 51.0 Å². The standard InChI is InChI=1S/C14H29NO9/c1-5(3-16)13(11(21)8(18)6(2)15)24-14-12(22)10(20)9(19)7(4-17)23-14/h5-14,16-22H,3-4,15H2,1-2H3/t5?,6-,7?,8?,9+,10?,11?,12?,13-,14+/m1/s1. The Bertz CT molecular complexity index is 370. The summed E-state index contributed by atoms with van der Waals surface area (Å²) in [4.78, 5) is 0. The molecule has 0 aliphatic carbocycles. The normalized spacial score (nSPS) is 37.5. The average Bonchev–Trinajstić information content (AvgIpc) is 2.57. The molecule has 0 radical (unpaired) electrons. The van der Waals surface area contributed by atoms with Crippen LogP contribution < -0.4 is 5.73 Å². The van der Waals surface area contributed by atoms with Crippen LogP contribution in [0.5, 0.6) is 0 Å². The fourth-order valence-electron chi connectivity index (χ4n) is 2.50. The summed E-state index contributed by atoms with van der Waals surface area (Å²) in [5, 5.41) is 68.1. The number of aliphatic hydroxyl groups is 7. The van der Waals surface area contributed by atoms with Gasteiger partial charge in [0.05, 0.1) is 18.8 Å². The van der Waals surface area contributed by atoms with Crippen LogP contribution in [-0.2, 0) is 9.47 Å². The van der Waals surface area contributed by atoms with E-state index in [9.17, 15) is 30.6 Å². The summed E-state index contributed by atoms with van der Waals surface area (Å²) >= 11 is 0. The molecule has 0 amide bonds. The lowest BCUT2D eigenvalue weighted by atomic mass is 9.93. The number of ether oxygens (including phenoxy) is 2. The Labute approximate surface area is 140 Å². The molecule has 1 fully saturated rings. The van der Waals surface area contributed by atoms with Crippen molar-refractivity contribution in [1.82, 2.24) is 0 Å². The van der Waals surface area contributed by atoms with Gasteiger partial charge in [0.15, 0.2) is 6.29 Å². The van der Waals surface area contributed by atoms with Crippen LogP contribution in [0.3, 0.4) is 0 Å². The molecule has 1 aliphatic heterocycles. The van der Waals surface area contributed by atoms with Gasteiger partial charge in [0.25, 0.3) is 0 Å². The van der Waals surface area contributed by atoms with Crippen molar-refractivity contribution in [2.75, 3.05) is 13.2 Å². The van der Waals surface area contributed by atoms with Gasteiger partial charge in [-0.2, -0.15) is 0 Å². The Morgan fingerprint density at radius 3 is 2.04 bits per heavy atom. The minimum atomic E-state index is -1.66. The maximum absolute atomic E-state index is 10.2. The van der Waals surface area contributed by atoms with Crippen LogP contribution in [0.4, 0.5) is 0 Å². The molecule has 1 rings (SSSR count). The molecule has 1 aliphatic rings. The van der Waals surface area contributed by atoms with E-state index in [2.05, 4.69) is 0 Å². The molecule has 1 heterocycles. The fraction of sp³-hybridized carbons (Fsp3) is 1.00. The van der Waals surface area contributed by atoms with Crippen molar-refractivity contribution in [1.29, 1.82) is 0 Å². The Kier molecular flexibility index (Phi) is 8.42. The van der Waals surface area contributed by atoms with E-state index in [-0.39, 0.29) is 0 Å². The van der Waals surface area contributed by atoms with Crippen molar-refractivity contribution >= 4 is 0 Å². The lowest BCUT2D eigenvalue weighted by Gasteiger charge is -2.42. The molecule has 10 atom stereocenters. The summed E-state index contributed by atoms with van der Waals surface area (Å²) in [5.74, 6) is -0.666. The number of nitrogens with two attached hydrogens (primary N) is 1. The predicted octanol–water partition coefficient (Wildman–Crippen LogP) is -4.13. The van der Waals surface area contributed by atoms with Crippen LogP contribution >= 0.6 is 0 Å². The average molecular weight is 355 g/mol. The highest BCUT2D eigenvalue weighted by Crippen LogP contribution is 2.26. The molecule has 0 saturated carbocycles. The minimum Gasteiger partial charge on any atom is -0.396 e. The van der Waals surface area contributed by atoms with Crippen LogP contribution in [0, 0.1) is 5.92 Å². The van der Waals surface area contributed by atoms with Gasteiger partial charge in [0.2, 0.25) is 0 Å². The molecule has 10 heteroatoms. The molecule has 0 aromatic rings. The minimum absolute atomic E-state index is 0.398. The number of rotatable bonds is 8. The van der Waals surface area contributed by atoms with Gasteiger partial charge in [-0.15, -0.1) is 0 Å². The Balaban J connectivity index is 2.92. The highest BCUT2D eigenvalue weighted by Gasteiger charge is 2.46. The van der Waals surface area contributed by atoms with Crippen molar-refractivity contribution in [3.05, 3.63) is 0 Å². The van der Waals surface area contributed by atoms with Crippen LogP contribution in [0.2, 0.25) is 0 Å². The maximum Gasteiger partial charge on any atom is 0.187 e. The number of hydrogen-bond donors (Lipinski definition) is 8. The number of hydrogen-bond acceptors (Lipinski definition) is 10. The van der Waals surface area contributed by atoms with Gasteiger partial charge in [-0.3, -0.25) is 0 Å². The topological polar surface area (TPSA) is 186 Å². The lowest BCUT2D eigenvalue weighted by molar-refractivity contribution is -0.324. The molecule has 9 N–H and O–H groups in total. The Morgan fingerprint density at radius 2 is 1.58 bits per heavy atom. The first kappa shape index (κ1) is 21.6. The molecule has 0 aromatic carbocycles. The first-order valence-electron chi connectivity index (χ1n) is 7.84. The van der Waals surface area contributed by atoms with Crippen molar-refractivity contribution in [2.24, 2.45) is 11.7 Å². The summed E-state index contributed by atoms with van der Waals surface area (Å²) in [6.45, 7) is 1.98. The van der Waals surface area contributed by atoms with Crippen LogP contribution in [0.1, 0.15) is 13.8 Å². The molecule has 0 bridgehead atoms. The zero-order chi connectivity index (χ0) is 18.6. The summed E-state index contributed by atoms with van der Waals surface area (Å²) < 4.78 is 10.7. The van der Waals surface area contributed by atoms with Gasteiger partial charge in [-0.25, -0.2) is 0 Å². The lowest BCUT2D eigenvalue weighted by Crippen LogP contribution is -2.61. The van der Waals surface area contributed by atoms with E-state index in [1.165, 1.54) is 13.8 Å². The third-order valence-electron chi connectivity index (χ3n) is 4.21.